The molecule has 1 saturated heterocycles. The van der Waals surface area contributed by atoms with Crippen molar-refractivity contribution in [1.29, 1.82) is 0 Å². The number of nitrogens with one attached hydrogen (secondary N) is 1. The van der Waals surface area contributed by atoms with Crippen molar-refractivity contribution < 1.29 is 28.2 Å². The van der Waals surface area contributed by atoms with Crippen LogP contribution >= 0.6 is 0 Å². The number of carbonyl (C=O) groups excluding carboxylic acids is 2. The molecule has 2 aliphatic heterocycles. The van der Waals surface area contributed by atoms with Gasteiger partial charge in [-0.25, -0.2) is 18.7 Å². The third-order valence-electron chi connectivity index (χ3n) is 9.61. The Hall–Kier alpha value is -4.47. The molecule has 0 aromatic carbocycles. The van der Waals surface area contributed by atoms with Gasteiger partial charge in [-0.05, 0) is 38.2 Å². The molecule has 46 heavy (non-hydrogen) atoms. The molecule has 2 aliphatic carbocycles. The molecule has 0 spiro atoms. The molecule has 244 valence electrons. The highest BCUT2D eigenvalue weighted by molar-refractivity contribution is 5.95. The van der Waals surface area contributed by atoms with E-state index < -0.39 is 29.2 Å². The van der Waals surface area contributed by atoms with Gasteiger partial charge in [0.05, 0.1) is 24.6 Å². The summed E-state index contributed by atoms with van der Waals surface area (Å²) in [5.41, 5.74) is 1.61. The average molecular weight is 640 g/mol. The SMILES string of the molecule is CCc1c(N2CCN(C(=O)c3ncnc(C)c3O)CC2)c(=O)n2nc(C3=CCOCC3)nc2n1CC(=O)NC1CC2C(C1)C2(F)F. The summed E-state index contributed by atoms with van der Waals surface area (Å²) in [5.74, 6) is -4.43. The number of amides is 2. The van der Waals surface area contributed by atoms with Crippen molar-refractivity contribution >= 4 is 28.9 Å². The number of ether oxygens (including phenoxy) is 1. The first-order valence-electron chi connectivity index (χ1n) is 15.6. The largest absolute Gasteiger partial charge is 0.504 e. The second-order valence-electron chi connectivity index (χ2n) is 12.3. The molecule has 3 aromatic heterocycles. The zero-order valence-corrected chi connectivity index (χ0v) is 25.6. The first kappa shape index (κ1) is 30.2. The van der Waals surface area contributed by atoms with Gasteiger partial charge in [-0.2, -0.15) is 9.50 Å². The number of alkyl halides is 2. The number of carbonyl (C=O) groups is 2. The van der Waals surface area contributed by atoms with Crippen molar-refractivity contribution in [1.82, 2.24) is 39.3 Å². The lowest BCUT2D eigenvalue weighted by atomic mass is 10.1. The lowest BCUT2D eigenvalue weighted by Gasteiger charge is -2.36. The predicted molar refractivity (Wildman–Crippen MR) is 160 cm³/mol. The molecule has 0 bridgehead atoms. The molecule has 3 aromatic rings. The highest BCUT2D eigenvalue weighted by Crippen LogP contribution is 2.64. The third kappa shape index (κ3) is 5.08. The number of anilines is 1. The van der Waals surface area contributed by atoms with Gasteiger partial charge in [0.2, 0.25) is 11.7 Å². The van der Waals surface area contributed by atoms with Gasteiger partial charge >= 0.3 is 0 Å². The first-order valence-corrected chi connectivity index (χ1v) is 15.6. The van der Waals surface area contributed by atoms with Crippen LogP contribution in [0.1, 0.15) is 53.9 Å². The molecule has 2 atom stereocenters. The topological polar surface area (TPSA) is 160 Å². The molecule has 14 nitrogen and oxygen atoms in total. The number of aryl methyl sites for hydroxylation is 1. The van der Waals surface area contributed by atoms with E-state index in [0.29, 0.717) is 62.0 Å². The molecule has 5 heterocycles. The van der Waals surface area contributed by atoms with Crippen LogP contribution in [0.3, 0.4) is 0 Å². The monoisotopic (exact) mass is 639 g/mol. The van der Waals surface area contributed by atoms with Gasteiger partial charge < -0.3 is 29.5 Å². The Labute approximate surface area is 262 Å². The Balaban J connectivity index is 1.19. The van der Waals surface area contributed by atoms with Crippen LogP contribution in [0.5, 0.6) is 5.75 Å². The van der Waals surface area contributed by atoms with Crippen molar-refractivity contribution in [3.05, 3.63) is 45.7 Å². The number of aromatic nitrogens is 6. The summed E-state index contributed by atoms with van der Waals surface area (Å²) in [6.07, 6.45) is 4.55. The van der Waals surface area contributed by atoms with Crippen LogP contribution in [0.25, 0.3) is 11.4 Å². The summed E-state index contributed by atoms with van der Waals surface area (Å²) in [6, 6.07) is -0.327. The van der Waals surface area contributed by atoms with Crippen LogP contribution in [0.15, 0.2) is 17.2 Å². The number of halogens is 2. The number of fused-ring (bicyclic) bond motifs is 2. The summed E-state index contributed by atoms with van der Waals surface area (Å²) in [4.78, 5) is 56.7. The van der Waals surface area contributed by atoms with Crippen LogP contribution in [0, 0.1) is 18.8 Å². The zero-order valence-electron chi connectivity index (χ0n) is 25.6. The summed E-state index contributed by atoms with van der Waals surface area (Å²) in [7, 11) is 0. The molecular formula is C30H35F2N9O5. The second-order valence-corrected chi connectivity index (χ2v) is 12.3. The summed E-state index contributed by atoms with van der Waals surface area (Å²) in [6.45, 7) is 5.32. The second kappa shape index (κ2) is 11.4. The summed E-state index contributed by atoms with van der Waals surface area (Å²) in [5, 5.41) is 17.8. The lowest BCUT2D eigenvalue weighted by Crippen LogP contribution is -2.51. The van der Waals surface area contributed by atoms with Gasteiger partial charge in [-0.3, -0.25) is 14.4 Å². The quantitative estimate of drug-likeness (QED) is 0.384. The molecule has 7 rings (SSSR count). The Morgan fingerprint density at radius 2 is 1.89 bits per heavy atom. The van der Waals surface area contributed by atoms with Crippen molar-refractivity contribution in [3.8, 4) is 5.75 Å². The minimum Gasteiger partial charge on any atom is -0.504 e. The smallest absolute Gasteiger partial charge is 0.299 e. The van der Waals surface area contributed by atoms with E-state index in [1.54, 1.807) is 16.4 Å². The Bertz CT molecular complexity index is 1800. The fourth-order valence-corrected chi connectivity index (χ4v) is 7.05. The fraction of sp³-hybridized carbons (Fsp3) is 0.567. The number of hydrogen-bond acceptors (Lipinski definition) is 10. The standard InChI is InChI=1S/C30H35F2N9O5/c1-3-21-24(38-6-8-39(9-7-38)27(44)23-25(43)16(2)33-15-34-23)28(45)41-29(36-26(37-41)17-4-10-46-11-5-17)40(21)14-22(42)35-18-12-19-20(13-18)30(19,31)32/h4,15,18-20,43H,3,5-14H2,1-2H3,(H,35,42). The van der Waals surface area contributed by atoms with Crippen LogP contribution in [0.4, 0.5) is 14.5 Å². The lowest BCUT2D eigenvalue weighted by molar-refractivity contribution is -0.122. The van der Waals surface area contributed by atoms with Gasteiger partial charge in [0.1, 0.15) is 18.6 Å². The molecule has 4 aliphatic rings. The van der Waals surface area contributed by atoms with Gasteiger partial charge in [0.25, 0.3) is 17.4 Å². The highest BCUT2D eigenvalue weighted by atomic mass is 19.3. The molecule has 2 saturated carbocycles. The summed E-state index contributed by atoms with van der Waals surface area (Å²) < 4.78 is 35.8. The molecule has 2 unspecified atom stereocenters. The van der Waals surface area contributed by atoms with Gasteiger partial charge in [0, 0.05) is 44.1 Å². The normalized spacial score (nSPS) is 23.7. The van der Waals surface area contributed by atoms with E-state index in [0.717, 1.165) is 5.57 Å². The van der Waals surface area contributed by atoms with E-state index in [2.05, 4.69) is 20.4 Å². The number of piperazine rings is 1. The number of hydrogen-bond donors (Lipinski definition) is 2. The van der Waals surface area contributed by atoms with Crippen LogP contribution in [-0.2, 0) is 22.5 Å². The predicted octanol–water partition coefficient (Wildman–Crippen LogP) is 1.18. The average Bonchev–Trinajstić information content (AvgIpc) is 3.46. The number of aromatic hydroxyl groups is 1. The fourth-order valence-electron chi connectivity index (χ4n) is 7.05. The van der Waals surface area contributed by atoms with Gasteiger partial charge in [0.15, 0.2) is 17.3 Å². The van der Waals surface area contributed by atoms with E-state index in [1.165, 1.54) is 10.8 Å². The minimum atomic E-state index is -2.63. The van der Waals surface area contributed by atoms with E-state index in [9.17, 15) is 28.3 Å². The van der Waals surface area contributed by atoms with Crippen LogP contribution < -0.4 is 15.8 Å². The zero-order chi connectivity index (χ0) is 32.3. The molecule has 3 fully saturated rings. The van der Waals surface area contributed by atoms with Crippen molar-refractivity contribution in [3.63, 3.8) is 0 Å². The molecule has 0 radical (unpaired) electrons. The van der Waals surface area contributed by atoms with E-state index >= 15 is 0 Å². The summed E-state index contributed by atoms with van der Waals surface area (Å²) >= 11 is 0. The molecular weight excluding hydrogens is 604 g/mol. The number of rotatable bonds is 7. The maximum atomic E-state index is 14.1. The maximum Gasteiger partial charge on any atom is 0.299 e. The number of nitrogens with zero attached hydrogens (tertiary/aromatic N) is 8. The van der Waals surface area contributed by atoms with E-state index in [1.807, 2.05) is 17.9 Å². The highest BCUT2D eigenvalue weighted by Gasteiger charge is 2.71. The van der Waals surface area contributed by atoms with E-state index in [-0.39, 0.29) is 61.6 Å². The Morgan fingerprint density at radius 3 is 2.57 bits per heavy atom. The van der Waals surface area contributed by atoms with Crippen molar-refractivity contribution in [2.75, 3.05) is 44.3 Å². The maximum absolute atomic E-state index is 14.1. The van der Waals surface area contributed by atoms with Gasteiger partial charge in [-0.1, -0.05) is 13.0 Å². The molecule has 16 heteroatoms. The minimum absolute atomic E-state index is 0.0779. The third-order valence-corrected chi connectivity index (χ3v) is 9.61. The van der Waals surface area contributed by atoms with Gasteiger partial charge in [-0.15, -0.1) is 5.10 Å². The van der Waals surface area contributed by atoms with E-state index in [4.69, 9.17) is 9.72 Å². The van der Waals surface area contributed by atoms with Crippen molar-refractivity contribution in [2.24, 2.45) is 11.8 Å². The Kier molecular flexibility index (Phi) is 7.48. The molecule has 2 amide bonds. The Morgan fingerprint density at radius 1 is 1.15 bits per heavy atom. The first-order chi connectivity index (χ1) is 22.1. The van der Waals surface area contributed by atoms with Crippen molar-refractivity contribution in [2.45, 2.75) is 58.0 Å². The molecule has 2 N–H and O–H groups in total. The van der Waals surface area contributed by atoms with Crippen LogP contribution in [0.2, 0.25) is 0 Å². The van der Waals surface area contributed by atoms with Crippen LogP contribution in [-0.4, -0.2) is 102 Å².